The summed E-state index contributed by atoms with van der Waals surface area (Å²) in [4.78, 5) is 16.1. The lowest BCUT2D eigenvalue weighted by molar-refractivity contribution is 0.0602. The van der Waals surface area contributed by atoms with Gasteiger partial charge in [0.2, 0.25) is 0 Å². The summed E-state index contributed by atoms with van der Waals surface area (Å²) in [6, 6.07) is 7.36. The Morgan fingerprint density at radius 3 is 2.90 bits per heavy atom. The molecule has 0 saturated carbocycles. The van der Waals surface area contributed by atoms with Crippen molar-refractivity contribution < 1.29 is 13.9 Å². The summed E-state index contributed by atoms with van der Waals surface area (Å²) in [6.45, 7) is 0. The van der Waals surface area contributed by atoms with Crippen molar-refractivity contribution in [3.63, 3.8) is 0 Å². The number of aromatic nitrogens is 3. The second-order valence-corrected chi connectivity index (χ2v) is 4.66. The van der Waals surface area contributed by atoms with Gasteiger partial charge >= 0.3 is 5.97 Å². The van der Waals surface area contributed by atoms with Crippen LogP contribution in [0.5, 0.6) is 0 Å². The van der Waals surface area contributed by atoms with Crippen molar-refractivity contribution in [2.45, 2.75) is 0 Å². The number of imidazole rings is 1. The van der Waals surface area contributed by atoms with Gasteiger partial charge in [-0.25, -0.2) is 18.7 Å². The molecule has 0 radical (unpaired) electrons. The molecule has 0 saturated heterocycles. The predicted octanol–water partition coefficient (Wildman–Crippen LogP) is 2.98. The van der Waals surface area contributed by atoms with Crippen LogP contribution in [0.1, 0.15) is 10.4 Å². The number of carbonyl (C=O) groups excluding carboxylic acids is 1. The number of hydrogen-bond acceptors (Lipinski definition) is 4. The zero-order chi connectivity index (χ0) is 15.0. The molecule has 1 aromatic carbocycles. The zero-order valence-corrected chi connectivity index (χ0v) is 11.6. The highest BCUT2D eigenvalue weighted by atomic mass is 35.5. The van der Waals surface area contributed by atoms with Gasteiger partial charge in [0.25, 0.3) is 0 Å². The Bertz CT molecular complexity index is 847. The summed E-state index contributed by atoms with van der Waals surface area (Å²) in [5.74, 6) is -0.940. The summed E-state index contributed by atoms with van der Waals surface area (Å²) in [5.41, 5.74) is 1.55. The number of benzene rings is 1. The van der Waals surface area contributed by atoms with Crippen LogP contribution < -0.4 is 0 Å². The fraction of sp³-hybridized carbons (Fsp3) is 0.0714. The molecule has 3 aromatic rings. The Kier molecular flexibility index (Phi) is 3.31. The van der Waals surface area contributed by atoms with Crippen molar-refractivity contribution in [1.82, 2.24) is 14.6 Å². The fourth-order valence-corrected chi connectivity index (χ4v) is 2.18. The van der Waals surface area contributed by atoms with Crippen molar-refractivity contribution in [1.29, 1.82) is 0 Å². The maximum Gasteiger partial charge on any atom is 0.341 e. The normalized spacial score (nSPS) is 10.8. The number of nitrogens with zero attached hydrogens (tertiary/aromatic N) is 3. The van der Waals surface area contributed by atoms with Crippen LogP contribution in [0.15, 0.2) is 36.5 Å². The van der Waals surface area contributed by atoms with Gasteiger partial charge in [-0.1, -0.05) is 23.7 Å². The number of fused-ring (bicyclic) bond motifs is 1. The number of halogens is 2. The lowest BCUT2D eigenvalue weighted by atomic mass is 10.2. The number of rotatable bonds is 2. The molecule has 0 N–H and O–H groups in total. The molecule has 0 bridgehead atoms. The van der Waals surface area contributed by atoms with E-state index >= 15 is 0 Å². The second-order valence-electron chi connectivity index (χ2n) is 4.28. The first-order chi connectivity index (χ1) is 10.1. The van der Waals surface area contributed by atoms with Crippen LogP contribution in [0.25, 0.3) is 16.9 Å². The van der Waals surface area contributed by atoms with E-state index in [1.807, 2.05) is 0 Å². The van der Waals surface area contributed by atoms with Crippen LogP contribution in [0.4, 0.5) is 4.39 Å². The van der Waals surface area contributed by atoms with Gasteiger partial charge in [0.15, 0.2) is 10.8 Å². The van der Waals surface area contributed by atoms with Gasteiger partial charge in [0.05, 0.1) is 19.0 Å². The standard InChI is InChI=1S/C14H9ClFN3O2/c1-21-14(20)10-6-12(15)18-19-7-11(17-13(10)19)8-3-2-4-9(16)5-8/h2-7H,1H3. The first-order valence-electron chi connectivity index (χ1n) is 5.98. The van der Waals surface area contributed by atoms with E-state index in [4.69, 9.17) is 16.3 Å². The molecule has 0 aliphatic carbocycles. The lowest BCUT2D eigenvalue weighted by Crippen LogP contribution is -2.06. The first kappa shape index (κ1) is 13.5. The smallest absolute Gasteiger partial charge is 0.341 e. The van der Waals surface area contributed by atoms with Gasteiger partial charge < -0.3 is 4.74 Å². The molecule has 0 atom stereocenters. The molecule has 0 aliphatic heterocycles. The summed E-state index contributed by atoms with van der Waals surface area (Å²) in [7, 11) is 1.27. The number of carbonyl (C=O) groups is 1. The zero-order valence-electron chi connectivity index (χ0n) is 10.9. The van der Waals surface area contributed by atoms with E-state index in [0.29, 0.717) is 16.9 Å². The first-order valence-corrected chi connectivity index (χ1v) is 6.36. The van der Waals surface area contributed by atoms with E-state index in [2.05, 4.69) is 10.1 Å². The average Bonchev–Trinajstić information content (AvgIpc) is 2.89. The predicted molar refractivity (Wildman–Crippen MR) is 74.7 cm³/mol. The lowest BCUT2D eigenvalue weighted by Gasteiger charge is -2.01. The highest BCUT2D eigenvalue weighted by Gasteiger charge is 2.17. The Morgan fingerprint density at radius 2 is 2.19 bits per heavy atom. The quantitative estimate of drug-likeness (QED) is 0.683. The molecule has 5 nitrogen and oxygen atoms in total. The summed E-state index contributed by atoms with van der Waals surface area (Å²) < 4.78 is 19.4. The molecular weight excluding hydrogens is 297 g/mol. The van der Waals surface area contributed by atoms with Gasteiger partial charge in [0.1, 0.15) is 11.4 Å². The molecule has 0 spiro atoms. The van der Waals surface area contributed by atoms with E-state index in [-0.39, 0.29) is 16.5 Å². The molecule has 7 heteroatoms. The highest BCUT2D eigenvalue weighted by Crippen LogP contribution is 2.22. The maximum atomic E-state index is 13.3. The van der Waals surface area contributed by atoms with E-state index < -0.39 is 5.97 Å². The Balaban J connectivity index is 2.22. The maximum absolute atomic E-state index is 13.3. The Labute approximate surface area is 123 Å². The SMILES string of the molecule is COC(=O)c1cc(Cl)nn2cc(-c3cccc(F)c3)nc12. The minimum Gasteiger partial charge on any atom is -0.465 e. The summed E-state index contributed by atoms with van der Waals surface area (Å²) in [6.07, 6.45) is 1.57. The number of hydrogen-bond donors (Lipinski definition) is 0. The van der Waals surface area contributed by atoms with Gasteiger partial charge in [-0.3, -0.25) is 0 Å². The molecule has 21 heavy (non-hydrogen) atoms. The minimum atomic E-state index is -0.569. The molecule has 0 aliphatic rings. The van der Waals surface area contributed by atoms with Gasteiger partial charge in [0, 0.05) is 5.56 Å². The van der Waals surface area contributed by atoms with Crippen LogP contribution in [0, 0.1) is 5.82 Å². The number of methoxy groups -OCH3 is 1. The molecule has 106 valence electrons. The van der Waals surface area contributed by atoms with Crippen LogP contribution in [-0.2, 0) is 4.74 Å². The number of esters is 1. The highest BCUT2D eigenvalue weighted by molar-refractivity contribution is 6.29. The van der Waals surface area contributed by atoms with Crippen LogP contribution in [-0.4, -0.2) is 27.7 Å². The Morgan fingerprint density at radius 1 is 1.38 bits per heavy atom. The molecule has 0 amide bonds. The monoisotopic (exact) mass is 305 g/mol. The van der Waals surface area contributed by atoms with Gasteiger partial charge in [-0.2, -0.15) is 5.10 Å². The van der Waals surface area contributed by atoms with Crippen molar-refractivity contribution in [3.8, 4) is 11.3 Å². The Hall–Kier alpha value is -2.47. The fourth-order valence-electron chi connectivity index (χ4n) is 1.99. The topological polar surface area (TPSA) is 56.5 Å². The number of ether oxygens (including phenoxy) is 1. The van der Waals surface area contributed by atoms with Crippen molar-refractivity contribution in [2.24, 2.45) is 0 Å². The third-order valence-corrected chi connectivity index (χ3v) is 3.11. The van der Waals surface area contributed by atoms with Crippen molar-refractivity contribution >= 4 is 23.2 Å². The van der Waals surface area contributed by atoms with Gasteiger partial charge in [-0.15, -0.1) is 0 Å². The van der Waals surface area contributed by atoms with Gasteiger partial charge in [-0.05, 0) is 18.2 Å². The summed E-state index contributed by atoms with van der Waals surface area (Å²) >= 11 is 5.88. The average molecular weight is 306 g/mol. The van der Waals surface area contributed by atoms with E-state index in [1.165, 1.54) is 29.8 Å². The van der Waals surface area contributed by atoms with Crippen molar-refractivity contribution in [2.75, 3.05) is 7.11 Å². The third kappa shape index (κ3) is 2.45. The minimum absolute atomic E-state index is 0.131. The third-order valence-electron chi connectivity index (χ3n) is 2.92. The van der Waals surface area contributed by atoms with Crippen molar-refractivity contribution in [3.05, 3.63) is 53.1 Å². The summed E-state index contributed by atoms with van der Waals surface area (Å²) in [5, 5.41) is 4.17. The van der Waals surface area contributed by atoms with Crippen LogP contribution in [0.3, 0.4) is 0 Å². The molecule has 3 rings (SSSR count). The molecule has 0 unspecified atom stereocenters. The molecule has 0 fully saturated rings. The second kappa shape index (κ2) is 5.14. The largest absolute Gasteiger partial charge is 0.465 e. The van der Waals surface area contributed by atoms with E-state index in [1.54, 1.807) is 18.3 Å². The van der Waals surface area contributed by atoms with Crippen LogP contribution in [0.2, 0.25) is 5.15 Å². The van der Waals surface area contributed by atoms with E-state index in [0.717, 1.165) is 0 Å². The van der Waals surface area contributed by atoms with E-state index in [9.17, 15) is 9.18 Å². The van der Waals surface area contributed by atoms with Crippen LogP contribution >= 0.6 is 11.6 Å². The molecular formula is C14H9ClFN3O2. The molecule has 2 aromatic heterocycles. The molecule has 2 heterocycles.